The van der Waals surface area contributed by atoms with Crippen molar-refractivity contribution in [2.24, 2.45) is 5.92 Å². The monoisotopic (exact) mass is 362 g/mol. The molecule has 1 aliphatic heterocycles. The Morgan fingerprint density at radius 3 is 2.64 bits per heavy atom. The summed E-state index contributed by atoms with van der Waals surface area (Å²) in [5, 5.41) is 15.3. The molecule has 0 spiro atoms. The predicted molar refractivity (Wildman–Crippen MR) is 90.4 cm³/mol. The van der Waals surface area contributed by atoms with Crippen LogP contribution in [0.5, 0.6) is 0 Å². The Bertz CT molecular complexity index is 892. The minimum atomic E-state index is -0.649. The number of nitro benzene ring substituents is 1. The first-order valence-electron chi connectivity index (χ1n) is 7.59. The van der Waals surface area contributed by atoms with E-state index in [9.17, 15) is 19.7 Å². The van der Waals surface area contributed by atoms with Gasteiger partial charge in [-0.05, 0) is 32.0 Å². The molecule has 0 saturated carbocycles. The first-order chi connectivity index (χ1) is 11.8. The summed E-state index contributed by atoms with van der Waals surface area (Å²) in [6.07, 6.45) is 0.0353. The maximum absolute atomic E-state index is 12.7. The summed E-state index contributed by atoms with van der Waals surface area (Å²) in [4.78, 5) is 36.3. The van der Waals surface area contributed by atoms with E-state index in [0.717, 1.165) is 22.4 Å². The minimum absolute atomic E-state index is 0.0353. The molecule has 0 radical (unpaired) electrons. The molecule has 8 nitrogen and oxygen atoms in total. The summed E-state index contributed by atoms with van der Waals surface area (Å²) >= 11 is 5.78. The zero-order valence-corrected chi connectivity index (χ0v) is 14.4. The van der Waals surface area contributed by atoms with E-state index in [1.165, 1.54) is 12.1 Å². The largest absolute Gasteiger partial charge is 0.289 e. The van der Waals surface area contributed by atoms with Gasteiger partial charge in [-0.25, -0.2) is 4.90 Å². The lowest BCUT2D eigenvalue weighted by atomic mass is 10.1. The van der Waals surface area contributed by atoms with Gasteiger partial charge in [-0.2, -0.15) is 5.10 Å². The van der Waals surface area contributed by atoms with Crippen LogP contribution in [0.2, 0.25) is 5.02 Å². The number of aryl methyl sites for hydroxylation is 2. The van der Waals surface area contributed by atoms with Crippen LogP contribution in [0.3, 0.4) is 0 Å². The van der Waals surface area contributed by atoms with Gasteiger partial charge in [0.25, 0.3) is 5.69 Å². The van der Waals surface area contributed by atoms with Crippen molar-refractivity contribution in [3.8, 4) is 0 Å². The second kappa shape index (κ2) is 6.29. The summed E-state index contributed by atoms with van der Waals surface area (Å²) in [7, 11) is 0. The molecule has 3 rings (SSSR count). The smallest absolute Gasteiger partial charge is 0.274 e. The lowest BCUT2D eigenvalue weighted by molar-refractivity contribution is -0.384. The second-order valence-corrected chi connectivity index (χ2v) is 6.38. The summed E-state index contributed by atoms with van der Waals surface area (Å²) in [5.74, 6) is -1.34. The van der Waals surface area contributed by atoms with Gasteiger partial charge in [-0.1, -0.05) is 11.6 Å². The minimum Gasteiger partial charge on any atom is -0.274 e. The van der Waals surface area contributed by atoms with Crippen molar-refractivity contribution < 1.29 is 14.5 Å². The van der Waals surface area contributed by atoms with Gasteiger partial charge < -0.3 is 0 Å². The van der Waals surface area contributed by atoms with Crippen molar-refractivity contribution in [3.63, 3.8) is 0 Å². The van der Waals surface area contributed by atoms with Crippen LogP contribution in [-0.4, -0.2) is 26.5 Å². The lowest BCUT2D eigenvalue weighted by Crippen LogP contribution is -2.31. The fourth-order valence-electron chi connectivity index (χ4n) is 2.96. The maximum atomic E-state index is 12.7. The topological polar surface area (TPSA) is 98.3 Å². The standard InChI is InChI=1S/C16H15ClN4O4/c1-9-5-10(2)19(18-9)8-11-6-15(22)20(16(11)23)12-3-4-13(17)14(7-12)21(24)25/h3-5,7,11H,6,8H2,1-2H3/t11-/m0/s1. The number of aromatic nitrogens is 2. The van der Waals surface area contributed by atoms with E-state index in [1.54, 1.807) is 4.68 Å². The van der Waals surface area contributed by atoms with E-state index in [0.29, 0.717) is 0 Å². The predicted octanol–water partition coefficient (Wildman–Crippen LogP) is 2.64. The van der Waals surface area contributed by atoms with Crippen molar-refractivity contribution in [2.75, 3.05) is 4.90 Å². The van der Waals surface area contributed by atoms with Crippen molar-refractivity contribution in [1.29, 1.82) is 0 Å². The molecule has 1 aromatic carbocycles. The van der Waals surface area contributed by atoms with Crippen LogP contribution in [0.15, 0.2) is 24.3 Å². The molecular formula is C16H15ClN4O4. The number of hydrogen-bond donors (Lipinski definition) is 0. The number of amides is 2. The fraction of sp³-hybridized carbons (Fsp3) is 0.312. The third-order valence-electron chi connectivity index (χ3n) is 4.12. The van der Waals surface area contributed by atoms with Gasteiger partial charge in [0, 0.05) is 18.2 Å². The molecule has 130 valence electrons. The summed E-state index contributed by atoms with van der Waals surface area (Å²) in [6.45, 7) is 4.02. The van der Waals surface area contributed by atoms with Crippen molar-refractivity contribution in [1.82, 2.24) is 9.78 Å². The number of imide groups is 1. The van der Waals surface area contributed by atoms with Crippen LogP contribution in [0.25, 0.3) is 0 Å². The third-order valence-corrected chi connectivity index (χ3v) is 4.44. The van der Waals surface area contributed by atoms with Crippen molar-refractivity contribution >= 4 is 34.8 Å². The Labute approximate surface area is 148 Å². The van der Waals surface area contributed by atoms with E-state index >= 15 is 0 Å². The Morgan fingerprint density at radius 1 is 1.32 bits per heavy atom. The number of halogens is 1. The highest BCUT2D eigenvalue weighted by molar-refractivity contribution is 6.33. The molecule has 1 atom stereocenters. The highest BCUT2D eigenvalue weighted by atomic mass is 35.5. The SMILES string of the molecule is Cc1cc(C)n(C[C@@H]2CC(=O)N(c3ccc(Cl)c([N+](=O)[O-])c3)C2=O)n1. The lowest BCUT2D eigenvalue weighted by Gasteiger charge is -2.15. The van der Waals surface area contributed by atoms with Crippen LogP contribution in [-0.2, 0) is 16.1 Å². The van der Waals surface area contributed by atoms with E-state index in [4.69, 9.17) is 11.6 Å². The van der Waals surface area contributed by atoms with E-state index in [-0.39, 0.29) is 29.4 Å². The molecule has 25 heavy (non-hydrogen) atoms. The Hall–Kier alpha value is -2.74. The molecule has 0 N–H and O–H groups in total. The highest BCUT2D eigenvalue weighted by Crippen LogP contribution is 2.33. The van der Waals surface area contributed by atoms with Crippen LogP contribution >= 0.6 is 11.6 Å². The number of nitro groups is 1. The second-order valence-electron chi connectivity index (χ2n) is 5.97. The van der Waals surface area contributed by atoms with Gasteiger partial charge in [0.2, 0.25) is 11.8 Å². The van der Waals surface area contributed by atoms with Gasteiger partial charge in [0.05, 0.1) is 28.8 Å². The van der Waals surface area contributed by atoms with Gasteiger partial charge in [-0.3, -0.25) is 24.4 Å². The van der Waals surface area contributed by atoms with Gasteiger partial charge in [0.15, 0.2) is 0 Å². The zero-order chi connectivity index (χ0) is 18.3. The molecule has 0 aliphatic carbocycles. The molecule has 2 aromatic rings. The normalized spacial score (nSPS) is 17.4. The summed E-state index contributed by atoms with van der Waals surface area (Å²) in [6, 6.07) is 5.77. The fourth-order valence-corrected chi connectivity index (χ4v) is 3.14. The number of rotatable bonds is 4. The number of benzene rings is 1. The maximum Gasteiger partial charge on any atom is 0.289 e. The number of carbonyl (C=O) groups is 2. The Balaban J connectivity index is 1.88. The van der Waals surface area contributed by atoms with Crippen LogP contribution < -0.4 is 4.90 Å². The zero-order valence-electron chi connectivity index (χ0n) is 13.6. The molecule has 0 unspecified atom stereocenters. The van der Waals surface area contributed by atoms with E-state index in [2.05, 4.69) is 5.10 Å². The quantitative estimate of drug-likeness (QED) is 0.473. The molecule has 1 saturated heterocycles. The van der Waals surface area contributed by atoms with Crippen LogP contribution in [0, 0.1) is 29.9 Å². The van der Waals surface area contributed by atoms with Gasteiger partial charge in [0.1, 0.15) is 5.02 Å². The Kier molecular flexibility index (Phi) is 4.30. The van der Waals surface area contributed by atoms with Gasteiger partial charge in [-0.15, -0.1) is 0 Å². The number of nitrogens with zero attached hydrogens (tertiary/aromatic N) is 4. The Morgan fingerprint density at radius 2 is 2.04 bits per heavy atom. The number of hydrogen-bond acceptors (Lipinski definition) is 5. The molecule has 9 heteroatoms. The molecular weight excluding hydrogens is 348 g/mol. The average Bonchev–Trinajstić information content (AvgIpc) is 2.99. The highest BCUT2D eigenvalue weighted by Gasteiger charge is 2.40. The molecule has 1 aliphatic rings. The van der Waals surface area contributed by atoms with Crippen molar-refractivity contribution in [3.05, 3.63) is 50.8 Å². The number of anilines is 1. The van der Waals surface area contributed by atoms with Crippen LogP contribution in [0.1, 0.15) is 17.8 Å². The molecule has 1 fully saturated rings. The number of carbonyl (C=O) groups excluding carboxylic acids is 2. The van der Waals surface area contributed by atoms with Gasteiger partial charge >= 0.3 is 0 Å². The van der Waals surface area contributed by atoms with E-state index < -0.39 is 22.7 Å². The van der Waals surface area contributed by atoms with Crippen molar-refractivity contribution in [2.45, 2.75) is 26.8 Å². The molecule has 1 aromatic heterocycles. The first kappa shape index (κ1) is 17.1. The molecule has 2 amide bonds. The molecule has 2 heterocycles. The summed E-state index contributed by atoms with van der Waals surface area (Å²) < 4.78 is 1.69. The summed E-state index contributed by atoms with van der Waals surface area (Å²) in [5.41, 5.74) is 1.54. The third kappa shape index (κ3) is 3.12. The molecule has 0 bridgehead atoms. The van der Waals surface area contributed by atoms with E-state index in [1.807, 2.05) is 19.9 Å². The average molecular weight is 363 g/mol. The van der Waals surface area contributed by atoms with Crippen LogP contribution in [0.4, 0.5) is 11.4 Å². The first-order valence-corrected chi connectivity index (χ1v) is 7.97.